The average molecular weight is 286 g/mol. The number of nitrogens with zero attached hydrogens (tertiary/aromatic N) is 3. The molecule has 3 heterocycles. The van der Waals surface area contributed by atoms with Crippen LogP contribution in [0.4, 0.5) is 10.1 Å². The zero-order chi connectivity index (χ0) is 13.2. The Bertz CT molecular complexity index is 425. The molecule has 0 radical (unpaired) electrons. The maximum atomic E-state index is 13.8. The van der Waals surface area contributed by atoms with Gasteiger partial charge in [-0.2, -0.15) is 0 Å². The van der Waals surface area contributed by atoms with Crippen LogP contribution in [0.3, 0.4) is 0 Å². The van der Waals surface area contributed by atoms with Crippen molar-refractivity contribution in [3.8, 4) is 0 Å². The Labute approximate surface area is 117 Å². The Morgan fingerprint density at radius 3 is 2.68 bits per heavy atom. The zero-order valence-corrected chi connectivity index (χ0v) is 11.4. The van der Waals surface area contributed by atoms with E-state index in [1.165, 1.54) is 12.4 Å². The Hall–Kier alpha value is -0.910. The topological polar surface area (TPSA) is 28.6 Å². The van der Waals surface area contributed by atoms with Crippen molar-refractivity contribution in [2.24, 2.45) is 0 Å². The number of hydrogen-bond donors (Lipinski definition) is 0. The van der Waals surface area contributed by atoms with Gasteiger partial charge in [-0.3, -0.25) is 9.88 Å². The summed E-state index contributed by atoms with van der Waals surface area (Å²) in [5, 5.41) is 0.387. The molecular formula is C13H17ClFN3O. The van der Waals surface area contributed by atoms with Crippen molar-refractivity contribution in [3.63, 3.8) is 0 Å². The van der Waals surface area contributed by atoms with Gasteiger partial charge in [-0.25, -0.2) is 4.39 Å². The monoisotopic (exact) mass is 285 g/mol. The van der Waals surface area contributed by atoms with Gasteiger partial charge >= 0.3 is 0 Å². The predicted molar refractivity (Wildman–Crippen MR) is 72.2 cm³/mol. The first-order valence-electron chi connectivity index (χ1n) is 6.61. The third kappa shape index (κ3) is 2.68. The Morgan fingerprint density at radius 2 is 2.05 bits per heavy atom. The van der Waals surface area contributed by atoms with Gasteiger partial charge in [-0.15, -0.1) is 0 Å². The molecular weight excluding hydrogens is 269 g/mol. The number of halogens is 2. The van der Waals surface area contributed by atoms with Gasteiger partial charge in [0.25, 0.3) is 0 Å². The molecule has 19 heavy (non-hydrogen) atoms. The molecule has 2 aliphatic rings. The molecule has 0 bridgehead atoms. The summed E-state index contributed by atoms with van der Waals surface area (Å²) in [5.41, 5.74) is 0.485. The Morgan fingerprint density at radius 1 is 1.26 bits per heavy atom. The van der Waals surface area contributed by atoms with E-state index in [0.29, 0.717) is 16.8 Å². The van der Waals surface area contributed by atoms with Crippen molar-refractivity contribution in [2.75, 3.05) is 44.3 Å². The fraction of sp³-hybridized carbons (Fsp3) is 0.615. The highest BCUT2D eigenvalue weighted by Crippen LogP contribution is 2.29. The highest BCUT2D eigenvalue weighted by molar-refractivity contribution is 6.33. The van der Waals surface area contributed by atoms with Gasteiger partial charge in [0.1, 0.15) is 0 Å². The summed E-state index contributed by atoms with van der Waals surface area (Å²) >= 11 is 6.05. The van der Waals surface area contributed by atoms with Crippen molar-refractivity contribution in [2.45, 2.75) is 12.5 Å². The van der Waals surface area contributed by atoms with Crippen molar-refractivity contribution >= 4 is 17.3 Å². The first kappa shape index (κ1) is 13.1. The molecule has 2 aliphatic heterocycles. The number of hydrogen-bond acceptors (Lipinski definition) is 4. The van der Waals surface area contributed by atoms with Crippen LogP contribution in [0.25, 0.3) is 0 Å². The molecule has 2 fully saturated rings. The maximum absolute atomic E-state index is 13.8. The highest BCUT2D eigenvalue weighted by Gasteiger charge is 2.28. The van der Waals surface area contributed by atoms with E-state index in [-0.39, 0.29) is 5.82 Å². The summed E-state index contributed by atoms with van der Waals surface area (Å²) in [7, 11) is 0. The molecule has 0 aliphatic carbocycles. The minimum atomic E-state index is -0.342. The molecule has 1 aromatic heterocycles. The molecule has 1 unspecified atom stereocenters. The van der Waals surface area contributed by atoms with E-state index in [9.17, 15) is 4.39 Å². The van der Waals surface area contributed by atoms with Crippen LogP contribution < -0.4 is 4.90 Å². The molecule has 0 saturated carbocycles. The van der Waals surface area contributed by atoms with Gasteiger partial charge in [0.2, 0.25) is 0 Å². The van der Waals surface area contributed by atoms with Crippen molar-refractivity contribution in [1.82, 2.24) is 9.88 Å². The number of aromatic nitrogens is 1. The second-order valence-electron chi connectivity index (χ2n) is 4.99. The third-order valence-corrected chi connectivity index (χ3v) is 4.16. The molecule has 0 aromatic carbocycles. The van der Waals surface area contributed by atoms with E-state index in [2.05, 4.69) is 9.88 Å². The molecule has 3 rings (SSSR count). The van der Waals surface area contributed by atoms with Gasteiger partial charge in [0.05, 0.1) is 23.5 Å². The second-order valence-corrected chi connectivity index (χ2v) is 5.40. The fourth-order valence-electron chi connectivity index (χ4n) is 2.83. The molecule has 6 heteroatoms. The summed E-state index contributed by atoms with van der Waals surface area (Å²) in [6.07, 6.45) is 3.82. The van der Waals surface area contributed by atoms with Crippen molar-refractivity contribution < 1.29 is 9.13 Å². The van der Waals surface area contributed by atoms with Gasteiger partial charge in [-0.1, -0.05) is 11.6 Å². The lowest BCUT2D eigenvalue weighted by Gasteiger charge is -2.38. The van der Waals surface area contributed by atoms with Crippen LogP contribution in [0.1, 0.15) is 6.42 Å². The molecule has 4 nitrogen and oxygen atoms in total. The standard InChI is InChI=1S/C13H17ClFN3O/c14-11-7-16-8-12(15)13(11)18-4-2-17(3-5-18)10-1-6-19-9-10/h7-8,10H,1-6,9H2. The Balaban J connectivity index is 1.66. The number of anilines is 1. The van der Waals surface area contributed by atoms with Crippen LogP contribution in [0, 0.1) is 5.82 Å². The SMILES string of the molecule is Fc1cncc(Cl)c1N1CCN(C2CCOC2)CC1. The quantitative estimate of drug-likeness (QED) is 0.828. The van der Waals surface area contributed by atoms with Crippen LogP contribution in [0.2, 0.25) is 5.02 Å². The highest BCUT2D eigenvalue weighted by atomic mass is 35.5. The third-order valence-electron chi connectivity index (χ3n) is 3.88. The summed E-state index contributed by atoms with van der Waals surface area (Å²) in [6.45, 7) is 5.10. The van der Waals surface area contributed by atoms with Gasteiger partial charge in [0.15, 0.2) is 5.82 Å². The van der Waals surface area contributed by atoms with Crippen LogP contribution in [0.5, 0.6) is 0 Å². The van der Waals surface area contributed by atoms with Crippen LogP contribution in [-0.2, 0) is 4.74 Å². The maximum Gasteiger partial charge on any atom is 0.166 e. The molecule has 1 atom stereocenters. The minimum absolute atomic E-state index is 0.342. The van der Waals surface area contributed by atoms with Crippen LogP contribution in [0.15, 0.2) is 12.4 Å². The lowest BCUT2D eigenvalue weighted by Crippen LogP contribution is -2.50. The lowest BCUT2D eigenvalue weighted by atomic mass is 10.2. The first-order chi connectivity index (χ1) is 9.25. The molecule has 2 saturated heterocycles. The number of piperazine rings is 1. The average Bonchev–Trinajstić information content (AvgIpc) is 2.93. The van der Waals surface area contributed by atoms with E-state index in [0.717, 1.165) is 45.8 Å². The predicted octanol–water partition coefficient (Wildman–Crippen LogP) is 1.79. The largest absolute Gasteiger partial charge is 0.380 e. The fourth-order valence-corrected chi connectivity index (χ4v) is 3.09. The summed E-state index contributed by atoms with van der Waals surface area (Å²) < 4.78 is 19.2. The first-order valence-corrected chi connectivity index (χ1v) is 6.99. The molecule has 0 spiro atoms. The van der Waals surface area contributed by atoms with Gasteiger partial charge in [-0.05, 0) is 6.42 Å². The summed E-state index contributed by atoms with van der Waals surface area (Å²) in [4.78, 5) is 8.19. The minimum Gasteiger partial charge on any atom is -0.380 e. The molecule has 104 valence electrons. The number of rotatable bonds is 2. The Kier molecular flexibility index (Phi) is 3.86. The lowest BCUT2D eigenvalue weighted by molar-refractivity contribution is 0.139. The van der Waals surface area contributed by atoms with E-state index in [4.69, 9.17) is 16.3 Å². The van der Waals surface area contributed by atoms with Crippen molar-refractivity contribution in [3.05, 3.63) is 23.2 Å². The molecule has 0 amide bonds. The summed E-state index contributed by atoms with van der Waals surface area (Å²) in [5.74, 6) is -0.342. The van der Waals surface area contributed by atoms with Crippen LogP contribution in [-0.4, -0.2) is 55.3 Å². The van der Waals surface area contributed by atoms with Crippen LogP contribution >= 0.6 is 11.6 Å². The van der Waals surface area contributed by atoms with E-state index < -0.39 is 0 Å². The zero-order valence-electron chi connectivity index (χ0n) is 10.7. The molecule has 0 N–H and O–H groups in total. The second kappa shape index (κ2) is 5.61. The normalized spacial score (nSPS) is 24.9. The van der Waals surface area contributed by atoms with Gasteiger partial charge in [0, 0.05) is 45.0 Å². The molecule has 1 aromatic rings. The summed E-state index contributed by atoms with van der Waals surface area (Å²) in [6, 6.07) is 0.528. The number of pyridine rings is 1. The van der Waals surface area contributed by atoms with E-state index in [1.54, 1.807) is 0 Å². The van der Waals surface area contributed by atoms with E-state index >= 15 is 0 Å². The smallest absolute Gasteiger partial charge is 0.166 e. The van der Waals surface area contributed by atoms with Gasteiger partial charge < -0.3 is 9.64 Å². The van der Waals surface area contributed by atoms with Crippen molar-refractivity contribution in [1.29, 1.82) is 0 Å². The van der Waals surface area contributed by atoms with E-state index in [1.807, 2.05) is 4.90 Å². The number of ether oxygens (including phenoxy) is 1.